The average molecular weight is 489 g/mol. The summed E-state index contributed by atoms with van der Waals surface area (Å²) < 4.78 is 14.9. The van der Waals surface area contributed by atoms with Crippen molar-refractivity contribution >= 4 is 29.2 Å². The molecule has 0 saturated carbocycles. The molecule has 8 heteroatoms. The number of nitrogens with one attached hydrogen (secondary N) is 1. The number of amides is 2. The van der Waals surface area contributed by atoms with Crippen molar-refractivity contribution in [3.05, 3.63) is 106 Å². The van der Waals surface area contributed by atoms with Crippen molar-refractivity contribution < 1.29 is 14.0 Å². The highest BCUT2D eigenvalue weighted by Crippen LogP contribution is 2.30. The first-order chi connectivity index (χ1) is 17.0. The Hall–Kier alpha value is -3.97. The Morgan fingerprint density at radius 1 is 0.971 bits per heavy atom. The fraction of sp³-hybridized carbons (Fsp3) is 0.148. The number of hydrogen-bond donors (Lipinski definition) is 1. The van der Waals surface area contributed by atoms with Gasteiger partial charge in [-0.1, -0.05) is 48.0 Å². The van der Waals surface area contributed by atoms with Crippen LogP contribution in [0.15, 0.2) is 78.9 Å². The highest BCUT2D eigenvalue weighted by atomic mass is 35.5. The molecule has 5 rings (SSSR count). The van der Waals surface area contributed by atoms with Gasteiger partial charge in [0.25, 0.3) is 5.91 Å². The van der Waals surface area contributed by atoms with Gasteiger partial charge >= 0.3 is 0 Å². The third kappa shape index (κ3) is 5.10. The number of fused-ring (bicyclic) bond motifs is 1. The largest absolute Gasteiger partial charge is 0.348 e. The zero-order chi connectivity index (χ0) is 24.4. The Labute approximate surface area is 206 Å². The van der Waals surface area contributed by atoms with Crippen molar-refractivity contribution in [2.75, 3.05) is 4.90 Å². The standard InChI is InChI=1S/C27H22ClFN4O2/c28-22-9-7-20(8-10-22)24-15-25-32(26(34)13-14-33(25)31-24)17-19-1-5-21(6-2-19)27(35)30-16-18-3-11-23(29)12-4-18/h1-12,15H,13-14,16-17H2,(H,30,35). The van der Waals surface area contributed by atoms with E-state index in [1.54, 1.807) is 29.2 Å². The molecule has 0 aliphatic carbocycles. The molecule has 0 fully saturated rings. The van der Waals surface area contributed by atoms with Gasteiger partial charge in [-0.05, 0) is 47.5 Å². The highest BCUT2D eigenvalue weighted by molar-refractivity contribution is 6.30. The van der Waals surface area contributed by atoms with Gasteiger partial charge in [0, 0.05) is 35.2 Å². The van der Waals surface area contributed by atoms with Crippen molar-refractivity contribution in [1.82, 2.24) is 15.1 Å². The fourth-order valence-corrected chi connectivity index (χ4v) is 4.14. The maximum Gasteiger partial charge on any atom is 0.251 e. The van der Waals surface area contributed by atoms with Crippen LogP contribution in [0.2, 0.25) is 5.02 Å². The van der Waals surface area contributed by atoms with Gasteiger partial charge in [0.2, 0.25) is 5.91 Å². The first-order valence-corrected chi connectivity index (χ1v) is 11.6. The number of rotatable bonds is 6. The van der Waals surface area contributed by atoms with Crippen LogP contribution in [0.3, 0.4) is 0 Å². The molecule has 0 bridgehead atoms. The van der Waals surface area contributed by atoms with Gasteiger partial charge in [0.1, 0.15) is 11.6 Å². The van der Waals surface area contributed by atoms with Crippen LogP contribution in [-0.4, -0.2) is 21.6 Å². The van der Waals surface area contributed by atoms with Gasteiger partial charge in [-0.3, -0.25) is 14.5 Å². The third-order valence-corrected chi connectivity index (χ3v) is 6.19. The van der Waals surface area contributed by atoms with Gasteiger partial charge in [0.05, 0.1) is 18.8 Å². The van der Waals surface area contributed by atoms with Crippen LogP contribution >= 0.6 is 11.6 Å². The average Bonchev–Trinajstić information content (AvgIpc) is 3.31. The Morgan fingerprint density at radius 2 is 1.66 bits per heavy atom. The molecule has 4 aromatic rings. The summed E-state index contributed by atoms with van der Waals surface area (Å²) >= 11 is 6.00. The fourth-order valence-electron chi connectivity index (χ4n) is 4.01. The van der Waals surface area contributed by atoms with Gasteiger partial charge in [-0.2, -0.15) is 5.10 Å². The van der Waals surface area contributed by atoms with Crippen LogP contribution in [0.5, 0.6) is 0 Å². The highest BCUT2D eigenvalue weighted by Gasteiger charge is 2.26. The van der Waals surface area contributed by atoms with Crippen molar-refractivity contribution in [1.29, 1.82) is 0 Å². The summed E-state index contributed by atoms with van der Waals surface area (Å²) in [5.41, 5.74) is 3.94. The minimum atomic E-state index is -0.313. The normalized spacial score (nSPS) is 13.0. The number of anilines is 1. The molecule has 1 aromatic heterocycles. The molecule has 176 valence electrons. The molecule has 2 heterocycles. The Morgan fingerprint density at radius 3 is 2.37 bits per heavy atom. The van der Waals surface area contributed by atoms with Crippen LogP contribution in [0, 0.1) is 5.82 Å². The van der Waals surface area contributed by atoms with E-state index in [0.717, 1.165) is 28.2 Å². The summed E-state index contributed by atoms with van der Waals surface area (Å²) in [7, 11) is 0. The molecular weight excluding hydrogens is 467 g/mol. The maximum atomic E-state index is 13.0. The second-order valence-electron chi connectivity index (χ2n) is 8.35. The first kappa shape index (κ1) is 22.8. The number of nitrogens with zero attached hydrogens (tertiary/aromatic N) is 3. The molecule has 6 nitrogen and oxygen atoms in total. The number of halogens is 2. The second kappa shape index (κ2) is 9.72. The lowest BCUT2D eigenvalue weighted by Gasteiger charge is -2.27. The number of benzene rings is 3. The van der Waals surface area contributed by atoms with Crippen LogP contribution in [-0.2, 0) is 24.4 Å². The van der Waals surface area contributed by atoms with Crippen molar-refractivity contribution in [2.24, 2.45) is 0 Å². The number of carbonyl (C=O) groups excluding carboxylic acids is 2. The maximum absolute atomic E-state index is 13.0. The molecule has 1 aliphatic rings. The first-order valence-electron chi connectivity index (χ1n) is 11.2. The summed E-state index contributed by atoms with van der Waals surface area (Å²) in [6.07, 6.45) is 0.374. The smallest absolute Gasteiger partial charge is 0.251 e. The number of hydrogen-bond acceptors (Lipinski definition) is 3. The lowest BCUT2D eigenvalue weighted by Crippen LogP contribution is -2.36. The molecule has 0 spiro atoms. The molecule has 3 aromatic carbocycles. The summed E-state index contributed by atoms with van der Waals surface area (Å²) in [4.78, 5) is 27.0. The van der Waals surface area contributed by atoms with E-state index in [1.165, 1.54) is 12.1 Å². The van der Waals surface area contributed by atoms with Gasteiger partial charge in [0.15, 0.2) is 0 Å². The summed E-state index contributed by atoms with van der Waals surface area (Å²) in [5.74, 6) is 0.237. The summed E-state index contributed by atoms with van der Waals surface area (Å²) in [6.45, 7) is 1.22. The molecule has 0 unspecified atom stereocenters. The Balaban J connectivity index is 1.28. The van der Waals surface area contributed by atoms with Crippen LogP contribution in [0.1, 0.15) is 27.9 Å². The van der Waals surface area contributed by atoms with E-state index < -0.39 is 0 Å². The number of aromatic nitrogens is 2. The topological polar surface area (TPSA) is 67.2 Å². The summed E-state index contributed by atoms with van der Waals surface area (Å²) in [6, 6.07) is 22.5. The third-order valence-electron chi connectivity index (χ3n) is 5.94. The molecular formula is C27H22ClFN4O2. The molecule has 35 heavy (non-hydrogen) atoms. The van der Waals surface area contributed by atoms with E-state index in [4.69, 9.17) is 11.6 Å². The minimum Gasteiger partial charge on any atom is -0.348 e. The van der Waals surface area contributed by atoms with Crippen molar-refractivity contribution in [2.45, 2.75) is 26.1 Å². The monoisotopic (exact) mass is 488 g/mol. The molecule has 0 saturated heterocycles. The lowest BCUT2D eigenvalue weighted by molar-refractivity contribution is -0.119. The van der Waals surface area contributed by atoms with E-state index in [2.05, 4.69) is 10.4 Å². The van der Waals surface area contributed by atoms with Crippen molar-refractivity contribution in [3.63, 3.8) is 0 Å². The molecule has 2 amide bonds. The Bertz CT molecular complexity index is 1370. The summed E-state index contributed by atoms with van der Waals surface area (Å²) in [5, 5.41) is 8.16. The zero-order valence-electron chi connectivity index (χ0n) is 18.7. The van der Waals surface area contributed by atoms with Crippen molar-refractivity contribution in [3.8, 4) is 11.3 Å². The SMILES string of the molecule is O=C(NCc1ccc(F)cc1)c1ccc(CN2C(=O)CCn3nc(-c4ccc(Cl)cc4)cc32)cc1. The molecule has 1 aliphatic heterocycles. The van der Waals surface area contributed by atoms with Gasteiger partial charge < -0.3 is 5.32 Å². The molecule has 0 radical (unpaired) electrons. The Kier molecular flexibility index (Phi) is 6.33. The van der Waals surface area contributed by atoms with E-state index in [0.29, 0.717) is 36.6 Å². The second-order valence-corrected chi connectivity index (χ2v) is 8.79. The molecule has 1 N–H and O–H groups in total. The minimum absolute atomic E-state index is 0.0289. The predicted octanol–water partition coefficient (Wildman–Crippen LogP) is 5.21. The lowest BCUT2D eigenvalue weighted by atomic mass is 10.1. The van der Waals surface area contributed by atoms with E-state index in [-0.39, 0.29) is 17.6 Å². The van der Waals surface area contributed by atoms with Crippen LogP contribution < -0.4 is 10.2 Å². The molecule has 0 atom stereocenters. The van der Waals surface area contributed by atoms with Crippen LogP contribution in [0.4, 0.5) is 10.2 Å². The predicted molar refractivity (Wildman–Crippen MR) is 132 cm³/mol. The van der Waals surface area contributed by atoms with E-state index in [9.17, 15) is 14.0 Å². The number of carbonyl (C=O) groups is 2. The number of aryl methyl sites for hydroxylation is 1. The zero-order valence-corrected chi connectivity index (χ0v) is 19.5. The van der Waals surface area contributed by atoms with Gasteiger partial charge in [-0.25, -0.2) is 9.07 Å². The van der Waals surface area contributed by atoms with E-state index in [1.807, 2.05) is 47.1 Å². The van der Waals surface area contributed by atoms with Gasteiger partial charge in [-0.15, -0.1) is 0 Å². The van der Waals surface area contributed by atoms with Crippen LogP contribution in [0.25, 0.3) is 11.3 Å². The quantitative estimate of drug-likeness (QED) is 0.405. The van der Waals surface area contributed by atoms with E-state index >= 15 is 0 Å².